The van der Waals surface area contributed by atoms with Crippen LogP contribution in [-0.4, -0.2) is 9.13 Å². The molecule has 0 aliphatic carbocycles. The summed E-state index contributed by atoms with van der Waals surface area (Å²) < 4.78 is 3.70. The van der Waals surface area contributed by atoms with E-state index in [2.05, 4.69) is 22.0 Å². The highest BCUT2D eigenvalue weighted by molar-refractivity contribution is 9.10. The molecule has 27 heavy (non-hydrogen) atoms. The fraction of sp³-hybridized carbons (Fsp3) is 0.0909. The first-order valence-electron chi connectivity index (χ1n) is 8.61. The third-order valence-electron chi connectivity index (χ3n) is 4.54. The first-order valence-corrected chi connectivity index (χ1v) is 9.40. The first kappa shape index (κ1) is 17.5. The third kappa shape index (κ3) is 3.26. The smallest absolute Gasteiger partial charge is 0.288 e. The van der Waals surface area contributed by atoms with E-state index in [1.807, 2.05) is 55.5 Å². The van der Waals surface area contributed by atoms with E-state index in [0.29, 0.717) is 23.1 Å². The Kier molecular flexibility index (Phi) is 4.54. The van der Waals surface area contributed by atoms with Crippen molar-refractivity contribution in [2.45, 2.75) is 13.5 Å². The minimum absolute atomic E-state index is 0.317. The van der Waals surface area contributed by atoms with Crippen LogP contribution in [0.5, 0.6) is 0 Å². The summed E-state index contributed by atoms with van der Waals surface area (Å²) in [7, 11) is 0. The molecular formula is C22H17BrN2O2. The quantitative estimate of drug-likeness (QED) is 0.496. The van der Waals surface area contributed by atoms with Gasteiger partial charge in [0, 0.05) is 4.47 Å². The average Bonchev–Trinajstić information content (AvgIpc) is 2.66. The van der Waals surface area contributed by atoms with E-state index in [-0.39, 0.29) is 11.2 Å². The van der Waals surface area contributed by atoms with Crippen LogP contribution in [0.15, 0.2) is 86.9 Å². The molecule has 0 amide bonds. The molecule has 0 bridgehead atoms. The zero-order valence-corrected chi connectivity index (χ0v) is 16.3. The molecular weight excluding hydrogens is 404 g/mol. The number of halogens is 1. The molecule has 0 spiro atoms. The fourth-order valence-electron chi connectivity index (χ4n) is 3.30. The molecule has 0 saturated carbocycles. The molecule has 0 radical (unpaired) electrons. The largest absolute Gasteiger partial charge is 0.336 e. The van der Waals surface area contributed by atoms with Crippen LogP contribution in [0.1, 0.15) is 11.1 Å². The summed E-state index contributed by atoms with van der Waals surface area (Å²) in [5, 5.41) is 0.500. The molecule has 0 saturated heterocycles. The fourth-order valence-corrected chi connectivity index (χ4v) is 3.66. The first-order chi connectivity index (χ1) is 13.0. The number of aryl methyl sites for hydroxylation is 1. The maximum atomic E-state index is 13.3. The lowest BCUT2D eigenvalue weighted by Crippen LogP contribution is -2.39. The van der Waals surface area contributed by atoms with Crippen LogP contribution in [0, 0.1) is 6.92 Å². The molecule has 0 aliphatic rings. The summed E-state index contributed by atoms with van der Waals surface area (Å²) >= 11 is 3.43. The number of para-hydroxylation sites is 1. The van der Waals surface area contributed by atoms with Crippen LogP contribution >= 0.6 is 15.9 Å². The number of hydrogen-bond acceptors (Lipinski definition) is 2. The van der Waals surface area contributed by atoms with Crippen molar-refractivity contribution in [1.29, 1.82) is 0 Å². The van der Waals surface area contributed by atoms with Gasteiger partial charge in [-0.1, -0.05) is 64.0 Å². The highest BCUT2D eigenvalue weighted by Crippen LogP contribution is 2.18. The number of rotatable bonds is 3. The van der Waals surface area contributed by atoms with Gasteiger partial charge in [0.05, 0.1) is 23.1 Å². The molecule has 1 heterocycles. The summed E-state index contributed by atoms with van der Waals surface area (Å²) in [4.78, 5) is 26.4. The zero-order valence-electron chi connectivity index (χ0n) is 14.7. The van der Waals surface area contributed by atoms with Gasteiger partial charge in [0.25, 0.3) is 5.56 Å². The van der Waals surface area contributed by atoms with Gasteiger partial charge in [0.1, 0.15) is 0 Å². The lowest BCUT2D eigenvalue weighted by Gasteiger charge is -2.15. The van der Waals surface area contributed by atoms with E-state index in [4.69, 9.17) is 0 Å². The number of hydrogen-bond donors (Lipinski definition) is 0. The minimum Gasteiger partial charge on any atom is -0.288 e. The zero-order chi connectivity index (χ0) is 19.0. The SMILES string of the molecule is Cc1cccc(Cn2c(=O)n(-c3ccccc3)c(=O)c3cc(Br)ccc32)c1. The summed E-state index contributed by atoms with van der Waals surface area (Å²) in [6.45, 7) is 2.41. The van der Waals surface area contributed by atoms with Crippen molar-refractivity contribution < 1.29 is 0 Å². The Morgan fingerprint density at radius 1 is 0.889 bits per heavy atom. The van der Waals surface area contributed by atoms with Crippen LogP contribution in [0.25, 0.3) is 16.6 Å². The summed E-state index contributed by atoms with van der Waals surface area (Å²) in [6.07, 6.45) is 0. The second-order valence-electron chi connectivity index (χ2n) is 6.50. The maximum absolute atomic E-state index is 13.3. The molecule has 0 unspecified atom stereocenters. The average molecular weight is 421 g/mol. The van der Waals surface area contributed by atoms with Crippen LogP contribution in [0.2, 0.25) is 0 Å². The molecule has 4 rings (SSSR count). The van der Waals surface area contributed by atoms with Crippen molar-refractivity contribution in [3.63, 3.8) is 0 Å². The number of benzene rings is 3. The Hall–Kier alpha value is -2.92. The van der Waals surface area contributed by atoms with E-state index in [1.165, 1.54) is 4.57 Å². The van der Waals surface area contributed by atoms with Gasteiger partial charge in [-0.3, -0.25) is 9.36 Å². The molecule has 0 N–H and O–H groups in total. The monoisotopic (exact) mass is 420 g/mol. The normalized spacial score (nSPS) is 11.0. The number of nitrogens with zero attached hydrogens (tertiary/aromatic N) is 2. The van der Waals surface area contributed by atoms with Crippen molar-refractivity contribution in [3.8, 4) is 5.69 Å². The van der Waals surface area contributed by atoms with Crippen molar-refractivity contribution in [1.82, 2.24) is 9.13 Å². The van der Waals surface area contributed by atoms with E-state index in [1.54, 1.807) is 22.8 Å². The maximum Gasteiger partial charge on any atom is 0.336 e. The Bertz CT molecular complexity index is 1260. The topological polar surface area (TPSA) is 44.0 Å². The second kappa shape index (κ2) is 7.00. The van der Waals surface area contributed by atoms with Crippen molar-refractivity contribution in [2.75, 3.05) is 0 Å². The minimum atomic E-state index is -0.345. The number of fused-ring (bicyclic) bond motifs is 1. The highest BCUT2D eigenvalue weighted by Gasteiger charge is 2.15. The Morgan fingerprint density at radius 2 is 1.67 bits per heavy atom. The molecule has 3 aromatic carbocycles. The van der Waals surface area contributed by atoms with Gasteiger partial charge in [-0.05, 0) is 42.8 Å². The molecule has 5 heteroatoms. The molecule has 1 aromatic heterocycles. The van der Waals surface area contributed by atoms with E-state index < -0.39 is 0 Å². The molecule has 4 aromatic rings. The standard InChI is InChI=1S/C22H17BrN2O2/c1-15-6-5-7-16(12-15)14-24-20-11-10-17(23)13-19(20)21(26)25(22(24)27)18-8-3-2-4-9-18/h2-13H,14H2,1H3. The van der Waals surface area contributed by atoms with E-state index in [0.717, 1.165) is 15.6 Å². The van der Waals surface area contributed by atoms with Crippen LogP contribution in [0.3, 0.4) is 0 Å². The molecule has 4 nitrogen and oxygen atoms in total. The lowest BCUT2D eigenvalue weighted by atomic mass is 10.1. The summed E-state index contributed by atoms with van der Waals surface area (Å²) in [5.74, 6) is 0. The van der Waals surface area contributed by atoms with E-state index in [9.17, 15) is 9.59 Å². The van der Waals surface area contributed by atoms with Gasteiger partial charge in [-0.15, -0.1) is 0 Å². The third-order valence-corrected chi connectivity index (χ3v) is 5.04. The van der Waals surface area contributed by atoms with Gasteiger partial charge in [-0.2, -0.15) is 0 Å². The van der Waals surface area contributed by atoms with E-state index >= 15 is 0 Å². The van der Waals surface area contributed by atoms with Crippen molar-refractivity contribution >= 4 is 26.8 Å². The Labute approximate surface area is 164 Å². The Morgan fingerprint density at radius 3 is 2.41 bits per heavy atom. The molecule has 0 atom stereocenters. The van der Waals surface area contributed by atoms with Gasteiger partial charge < -0.3 is 0 Å². The van der Waals surface area contributed by atoms with Gasteiger partial charge >= 0.3 is 5.69 Å². The summed E-state index contributed by atoms with van der Waals surface area (Å²) in [5.41, 5.74) is 2.67. The van der Waals surface area contributed by atoms with Crippen LogP contribution in [0.4, 0.5) is 0 Å². The molecule has 0 aliphatic heterocycles. The van der Waals surface area contributed by atoms with Crippen LogP contribution in [-0.2, 0) is 6.54 Å². The molecule has 0 fully saturated rings. The summed E-state index contributed by atoms with van der Waals surface area (Å²) in [6, 6.07) is 22.5. The van der Waals surface area contributed by atoms with Crippen LogP contribution < -0.4 is 11.2 Å². The molecule has 134 valence electrons. The predicted octanol–water partition coefficient (Wildman–Crippen LogP) is 4.27. The predicted molar refractivity (Wildman–Crippen MR) is 112 cm³/mol. The Balaban J connectivity index is 2.05. The van der Waals surface area contributed by atoms with Crippen molar-refractivity contribution in [3.05, 3.63) is 109 Å². The lowest BCUT2D eigenvalue weighted by molar-refractivity contribution is 0.714. The highest BCUT2D eigenvalue weighted by atomic mass is 79.9. The number of aromatic nitrogens is 2. The van der Waals surface area contributed by atoms with Gasteiger partial charge in [0.15, 0.2) is 0 Å². The van der Waals surface area contributed by atoms with Gasteiger partial charge in [0.2, 0.25) is 0 Å². The van der Waals surface area contributed by atoms with Crippen molar-refractivity contribution in [2.24, 2.45) is 0 Å². The second-order valence-corrected chi connectivity index (χ2v) is 7.41. The van der Waals surface area contributed by atoms with Gasteiger partial charge in [-0.25, -0.2) is 9.36 Å².